The Balaban J connectivity index is 2.20. The Morgan fingerprint density at radius 3 is 2.35 bits per heavy atom. The first kappa shape index (κ1) is 17.4. The first-order chi connectivity index (χ1) is 10.8. The first-order valence-electron chi connectivity index (χ1n) is 6.55. The average molecular weight is 401 g/mol. The van der Waals surface area contributed by atoms with Crippen LogP contribution in [0.15, 0.2) is 53.0 Å². The zero-order valence-electron chi connectivity index (χ0n) is 12.2. The topological polar surface area (TPSA) is 66.5 Å². The van der Waals surface area contributed by atoms with Gasteiger partial charge in [0.05, 0.1) is 11.9 Å². The lowest BCUT2D eigenvalue weighted by Gasteiger charge is -2.22. The lowest BCUT2D eigenvalue weighted by molar-refractivity contribution is -0.114. The van der Waals surface area contributed by atoms with Crippen molar-refractivity contribution in [2.75, 3.05) is 22.4 Å². The van der Waals surface area contributed by atoms with Crippen molar-refractivity contribution in [1.82, 2.24) is 0 Å². The number of hydrogen-bond donors (Lipinski definition) is 1. The minimum Gasteiger partial charge on any atom is -0.325 e. The van der Waals surface area contributed by atoms with Crippen LogP contribution in [0.3, 0.4) is 0 Å². The Morgan fingerprint density at radius 1 is 1.17 bits per heavy atom. The highest BCUT2D eigenvalue weighted by Crippen LogP contribution is 2.21. The van der Waals surface area contributed by atoms with Crippen LogP contribution in [-0.4, -0.2) is 27.1 Å². The first-order valence-corrected chi connectivity index (χ1v) is 9.19. The summed E-state index contributed by atoms with van der Waals surface area (Å²) >= 11 is 3.27. The van der Waals surface area contributed by atoms with Gasteiger partial charge in [0.25, 0.3) is 0 Å². The second-order valence-electron chi connectivity index (χ2n) is 4.78. The molecule has 0 atom stereocenters. The van der Waals surface area contributed by atoms with Gasteiger partial charge < -0.3 is 5.32 Å². The van der Waals surface area contributed by atoms with Crippen LogP contribution in [0.1, 0.15) is 0 Å². The monoisotopic (exact) mass is 400 g/mol. The fourth-order valence-electron chi connectivity index (χ4n) is 1.90. The third-order valence-corrected chi connectivity index (χ3v) is 4.59. The molecule has 5 nitrogen and oxygen atoms in total. The summed E-state index contributed by atoms with van der Waals surface area (Å²) in [5.41, 5.74) is 0.348. The molecular formula is C15H14BrFN2O3S. The number of anilines is 2. The number of halogens is 2. The summed E-state index contributed by atoms with van der Waals surface area (Å²) in [5, 5.41) is 2.57. The van der Waals surface area contributed by atoms with Gasteiger partial charge in [0, 0.05) is 10.2 Å². The third kappa shape index (κ3) is 4.77. The number of carbonyl (C=O) groups excluding carboxylic acids is 1. The molecule has 2 rings (SSSR count). The minimum absolute atomic E-state index is 0.166. The van der Waals surface area contributed by atoms with Crippen LogP contribution < -0.4 is 9.62 Å². The van der Waals surface area contributed by atoms with E-state index in [0.717, 1.165) is 21.1 Å². The van der Waals surface area contributed by atoms with Crippen LogP contribution in [0.4, 0.5) is 15.8 Å². The summed E-state index contributed by atoms with van der Waals surface area (Å²) in [6.45, 7) is -0.518. The molecule has 0 unspecified atom stereocenters. The molecule has 23 heavy (non-hydrogen) atoms. The van der Waals surface area contributed by atoms with E-state index in [2.05, 4.69) is 21.2 Å². The number of amides is 1. The number of sulfonamides is 1. The molecule has 0 saturated carbocycles. The Hall–Kier alpha value is -1.93. The Morgan fingerprint density at radius 2 is 1.78 bits per heavy atom. The molecule has 0 heterocycles. The minimum atomic E-state index is -3.81. The van der Waals surface area contributed by atoms with Gasteiger partial charge in [-0.2, -0.15) is 0 Å². The van der Waals surface area contributed by atoms with Gasteiger partial charge in [-0.3, -0.25) is 9.10 Å². The molecule has 0 aromatic heterocycles. The molecular weight excluding hydrogens is 387 g/mol. The lowest BCUT2D eigenvalue weighted by atomic mass is 10.3. The van der Waals surface area contributed by atoms with Gasteiger partial charge >= 0.3 is 0 Å². The lowest BCUT2D eigenvalue weighted by Crippen LogP contribution is -2.38. The van der Waals surface area contributed by atoms with Crippen molar-refractivity contribution in [2.45, 2.75) is 0 Å². The fourth-order valence-corrected chi connectivity index (χ4v) is 3.02. The summed E-state index contributed by atoms with van der Waals surface area (Å²) in [6, 6.07) is 12.2. The molecule has 0 bridgehead atoms. The van der Waals surface area contributed by atoms with Gasteiger partial charge in [0.2, 0.25) is 15.9 Å². The molecule has 1 N–H and O–H groups in total. The summed E-state index contributed by atoms with van der Waals surface area (Å²) in [4.78, 5) is 12.1. The van der Waals surface area contributed by atoms with Crippen LogP contribution in [-0.2, 0) is 14.8 Å². The van der Waals surface area contributed by atoms with Crippen molar-refractivity contribution in [1.29, 1.82) is 0 Å². The van der Waals surface area contributed by atoms with E-state index in [1.807, 2.05) is 0 Å². The predicted molar refractivity (Wildman–Crippen MR) is 91.4 cm³/mol. The predicted octanol–water partition coefficient (Wildman–Crippen LogP) is 2.99. The van der Waals surface area contributed by atoms with Crippen LogP contribution in [0, 0.1) is 5.82 Å². The van der Waals surface area contributed by atoms with Crippen LogP contribution in [0.5, 0.6) is 0 Å². The molecule has 122 valence electrons. The highest BCUT2D eigenvalue weighted by molar-refractivity contribution is 9.10. The van der Waals surface area contributed by atoms with E-state index in [1.54, 1.807) is 24.3 Å². The molecule has 0 fully saturated rings. The molecule has 2 aromatic carbocycles. The number of nitrogens with one attached hydrogen (secondary N) is 1. The average Bonchev–Trinajstić information content (AvgIpc) is 2.47. The van der Waals surface area contributed by atoms with Crippen molar-refractivity contribution in [2.24, 2.45) is 0 Å². The molecule has 0 aliphatic carbocycles. The van der Waals surface area contributed by atoms with Gasteiger partial charge in [-0.05, 0) is 36.4 Å². The van der Waals surface area contributed by atoms with E-state index < -0.39 is 28.3 Å². The quantitative estimate of drug-likeness (QED) is 0.838. The van der Waals surface area contributed by atoms with E-state index >= 15 is 0 Å². The maximum atomic E-state index is 13.8. The van der Waals surface area contributed by atoms with Crippen molar-refractivity contribution in [3.05, 3.63) is 58.8 Å². The van der Waals surface area contributed by atoms with Crippen molar-refractivity contribution in [3.63, 3.8) is 0 Å². The second-order valence-corrected chi connectivity index (χ2v) is 7.60. The molecule has 8 heteroatoms. The van der Waals surface area contributed by atoms with Crippen LogP contribution in [0.2, 0.25) is 0 Å². The molecule has 2 aromatic rings. The number of para-hydroxylation sites is 1. The third-order valence-electron chi connectivity index (χ3n) is 2.94. The Kier molecular flexibility index (Phi) is 5.38. The van der Waals surface area contributed by atoms with E-state index in [1.165, 1.54) is 18.2 Å². The van der Waals surface area contributed by atoms with Gasteiger partial charge in [-0.15, -0.1) is 0 Å². The van der Waals surface area contributed by atoms with Crippen molar-refractivity contribution < 1.29 is 17.6 Å². The maximum Gasteiger partial charge on any atom is 0.245 e. The van der Waals surface area contributed by atoms with E-state index in [4.69, 9.17) is 0 Å². The summed E-state index contributed by atoms with van der Waals surface area (Å²) in [7, 11) is -3.81. The van der Waals surface area contributed by atoms with Gasteiger partial charge in [0.15, 0.2) is 0 Å². The smallest absolute Gasteiger partial charge is 0.245 e. The number of hydrogen-bond acceptors (Lipinski definition) is 3. The van der Waals surface area contributed by atoms with E-state index in [9.17, 15) is 17.6 Å². The van der Waals surface area contributed by atoms with Crippen LogP contribution >= 0.6 is 15.9 Å². The highest BCUT2D eigenvalue weighted by atomic mass is 79.9. The summed E-state index contributed by atoms with van der Waals surface area (Å²) in [5.74, 6) is -1.28. The summed E-state index contributed by atoms with van der Waals surface area (Å²) in [6.07, 6.45) is 0.923. The van der Waals surface area contributed by atoms with Crippen molar-refractivity contribution in [3.8, 4) is 0 Å². The van der Waals surface area contributed by atoms with E-state index in [-0.39, 0.29) is 5.69 Å². The van der Waals surface area contributed by atoms with Crippen LogP contribution in [0.25, 0.3) is 0 Å². The Bertz CT molecular complexity index is 810. The fraction of sp³-hybridized carbons (Fsp3) is 0.133. The zero-order valence-corrected chi connectivity index (χ0v) is 14.6. The number of carbonyl (C=O) groups is 1. The highest BCUT2D eigenvalue weighted by Gasteiger charge is 2.23. The number of benzene rings is 2. The normalized spacial score (nSPS) is 11.1. The number of rotatable bonds is 5. The molecule has 1 amide bonds. The SMILES string of the molecule is CS(=O)(=O)N(CC(=O)Nc1ccc(Br)cc1)c1ccccc1F. The molecule has 0 saturated heterocycles. The second kappa shape index (κ2) is 7.10. The molecule has 0 aliphatic heterocycles. The molecule has 0 aliphatic rings. The van der Waals surface area contributed by atoms with Gasteiger partial charge in [0.1, 0.15) is 12.4 Å². The van der Waals surface area contributed by atoms with Gasteiger partial charge in [-0.25, -0.2) is 12.8 Å². The van der Waals surface area contributed by atoms with Crippen molar-refractivity contribution >= 4 is 43.2 Å². The van der Waals surface area contributed by atoms with E-state index in [0.29, 0.717) is 5.69 Å². The Labute approximate surface area is 142 Å². The zero-order chi connectivity index (χ0) is 17.0. The summed E-state index contributed by atoms with van der Waals surface area (Å²) < 4.78 is 39.2. The largest absolute Gasteiger partial charge is 0.325 e. The number of nitrogens with zero attached hydrogens (tertiary/aromatic N) is 1. The standard InChI is InChI=1S/C15H14BrFN2O3S/c1-23(21,22)19(14-5-3-2-4-13(14)17)10-15(20)18-12-8-6-11(16)7-9-12/h2-9H,10H2,1H3,(H,18,20). The maximum absolute atomic E-state index is 13.8. The molecule has 0 spiro atoms. The molecule has 0 radical (unpaired) electrons. The van der Waals surface area contributed by atoms with Gasteiger partial charge in [-0.1, -0.05) is 28.1 Å².